The van der Waals surface area contributed by atoms with Gasteiger partial charge in [-0.15, -0.1) is 9.19 Å². The van der Waals surface area contributed by atoms with Crippen LogP contribution in [0.5, 0.6) is 0 Å². The van der Waals surface area contributed by atoms with Crippen LogP contribution in [-0.2, 0) is 23.1 Å². The molecule has 10 heteroatoms. The molecule has 0 aliphatic carbocycles. The van der Waals surface area contributed by atoms with Gasteiger partial charge in [-0.3, -0.25) is 0 Å². The molecule has 0 bridgehead atoms. The lowest BCUT2D eigenvalue weighted by Gasteiger charge is -2.06. The molecule has 1 heterocycles. The minimum Gasteiger partial charge on any atom is -0.349 e. The minimum absolute atomic E-state index is 0.165. The second-order valence-electron chi connectivity index (χ2n) is 5.83. The molecule has 2 N–H and O–H groups in total. The van der Waals surface area contributed by atoms with Gasteiger partial charge < -0.3 is 10.6 Å². The molecule has 3 aromatic rings. The van der Waals surface area contributed by atoms with Crippen LogP contribution in [0.2, 0.25) is 0 Å². The van der Waals surface area contributed by atoms with E-state index < -0.39 is 10.0 Å². The number of hydrogen-bond acceptors (Lipinski definition) is 6. The highest BCUT2D eigenvalue weighted by atomic mass is 79.9. The molecule has 0 aliphatic heterocycles. The maximum atomic E-state index is 12.0. The fourth-order valence-electron chi connectivity index (χ4n) is 2.28. The van der Waals surface area contributed by atoms with Crippen LogP contribution >= 0.6 is 31.9 Å². The Morgan fingerprint density at radius 3 is 1.85 bits per heavy atom. The van der Waals surface area contributed by atoms with Gasteiger partial charge in [0.25, 0.3) is 10.0 Å². The maximum absolute atomic E-state index is 12.0. The molecule has 0 amide bonds. The molecule has 1 aromatic heterocycles. The third kappa shape index (κ3) is 5.53. The SMILES string of the molecule is CS(=O)(=O)n1nc(NCc2ccc(Br)cc2)nc1NCc1ccc(Br)cc1. The lowest BCUT2D eigenvalue weighted by atomic mass is 10.2. The Bertz CT molecular complexity index is 1020. The first kappa shape index (κ1) is 19.8. The summed E-state index contributed by atoms with van der Waals surface area (Å²) >= 11 is 6.78. The fourth-order valence-corrected chi connectivity index (χ4v) is 3.45. The van der Waals surface area contributed by atoms with Crippen molar-refractivity contribution in [3.8, 4) is 0 Å². The molecule has 0 unspecified atom stereocenters. The first-order valence-electron chi connectivity index (χ1n) is 7.95. The van der Waals surface area contributed by atoms with E-state index in [1.807, 2.05) is 48.5 Å². The van der Waals surface area contributed by atoms with Gasteiger partial charge in [-0.25, -0.2) is 8.42 Å². The number of hydrogen-bond donors (Lipinski definition) is 2. The van der Waals surface area contributed by atoms with Crippen molar-refractivity contribution in [2.75, 3.05) is 16.9 Å². The summed E-state index contributed by atoms with van der Waals surface area (Å²) in [5.41, 5.74) is 2.02. The first-order chi connectivity index (χ1) is 12.8. The Labute approximate surface area is 174 Å². The number of aromatic nitrogens is 3. The Kier molecular flexibility index (Phi) is 6.18. The van der Waals surface area contributed by atoms with Crippen molar-refractivity contribution in [2.45, 2.75) is 13.1 Å². The molecule has 0 saturated heterocycles. The number of nitrogens with zero attached hydrogens (tertiary/aromatic N) is 3. The zero-order chi connectivity index (χ0) is 19.4. The van der Waals surface area contributed by atoms with Gasteiger partial charge in [0.15, 0.2) is 0 Å². The van der Waals surface area contributed by atoms with Gasteiger partial charge in [-0.2, -0.15) is 4.98 Å². The van der Waals surface area contributed by atoms with Crippen LogP contribution in [0.25, 0.3) is 0 Å². The molecule has 0 fully saturated rings. The van der Waals surface area contributed by atoms with Crippen molar-refractivity contribution in [3.63, 3.8) is 0 Å². The minimum atomic E-state index is -3.59. The zero-order valence-corrected chi connectivity index (χ0v) is 18.3. The van der Waals surface area contributed by atoms with Crippen LogP contribution in [0.3, 0.4) is 0 Å². The topological polar surface area (TPSA) is 88.9 Å². The normalized spacial score (nSPS) is 11.4. The molecule has 27 heavy (non-hydrogen) atoms. The van der Waals surface area contributed by atoms with E-state index in [1.165, 1.54) is 0 Å². The first-order valence-corrected chi connectivity index (χ1v) is 11.4. The smallest absolute Gasteiger partial charge is 0.254 e. The molecule has 2 aromatic carbocycles. The van der Waals surface area contributed by atoms with Crippen molar-refractivity contribution in [3.05, 3.63) is 68.6 Å². The van der Waals surface area contributed by atoms with Crippen molar-refractivity contribution in [1.29, 1.82) is 0 Å². The summed E-state index contributed by atoms with van der Waals surface area (Å²) in [6, 6.07) is 15.5. The summed E-state index contributed by atoms with van der Waals surface area (Å²) in [4.78, 5) is 4.27. The van der Waals surface area contributed by atoms with Crippen LogP contribution in [0.4, 0.5) is 11.9 Å². The standard InChI is InChI=1S/C17H17Br2N5O2S/c1-27(25,26)24-17(21-11-13-4-8-15(19)9-5-13)22-16(23-24)20-10-12-2-6-14(18)7-3-12/h2-9H,10-11H2,1H3,(H2,20,21,22,23). The van der Waals surface area contributed by atoms with Crippen molar-refractivity contribution >= 4 is 53.8 Å². The quantitative estimate of drug-likeness (QED) is 0.498. The van der Waals surface area contributed by atoms with E-state index in [9.17, 15) is 8.42 Å². The highest BCUT2D eigenvalue weighted by Crippen LogP contribution is 2.16. The number of benzene rings is 2. The predicted octanol–water partition coefficient (Wildman–Crippen LogP) is 3.84. The monoisotopic (exact) mass is 513 g/mol. The van der Waals surface area contributed by atoms with Gasteiger partial charge in [0.1, 0.15) is 0 Å². The third-order valence-corrected chi connectivity index (χ3v) is 5.56. The lowest BCUT2D eigenvalue weighted by molar-refractivity contribution is 0.587. The molecule has 0 atom stereocenters. The molecular formula is C17H17Br2N5O2S. The summed E-state index contributed by atoms with van der Waals surface area (Å²) in [5.74, 6) is 0.403. The van der Waals surface area contributed by atoms with Gasteiger partial charge in [0.2, 0.25) is 11.9 Å². The van der Waals surface area contributed by atoms with Gasteiger partial charge in [0, 0.05) is 22.0 Å². The van der Waals surface area contributed by atoms with E-state index in [0.29, 0.717) is 13.1 Å². The van der Waals surface area contributed by atoms with Crippen molar-refractivity contribution < 1.29 is 8.42 Å². The van der Waals surface area contributed by atoms with Gasteiger partial charge in [-0.05, 0) is 35.4 Å². The molecule has 0 saturated carbocycles. The highest BCUT2D eigenvalue weighted by molar-refractivity contribution is 9.10. The largest absolute Gasteiger partial charge is 0.349 e. The molecule has 0 spiro atoms. The lowest BCUT2D eigenvalue weighted by Crippen LogP contribution is -2.16. The van der Waals surface area contributed by atoms with Crippen LogP contribution in [0.15, 0.2) is 57.5 Å². The Morgan fingerprint density at radius 1 is 0.889 bits per heavy atom. The number of anilines is 2. The number of nitrogens with one attached hydrogen (secondary N) is 2. The van der Waals surface area contributed by atoms with Crippen LogP contribution < -0.4 is 10.6 Å². The number of rotatable bonds is 7. The fraction of sp³-hybridized carbons (Fsp3) is 0.176. The van der Waals surface area contributed by atoms with E-state index in [0.717, 1.165) is 30.4 Å². The zero-order valence-electron chi connectivity index (χ0n) is 14.4. The Balaban J connectivity index is 1.74. The second-order valence-corrected chi connectivity index (χ2v) is 9.47. The van der Waals surface area contributed by atoms with Crippen molar-refractivity contribution in [2.24, 2.45) is 0 Å². The summed E-state index contributed by atoms with van der Waals surface area (Å²) in [6.07, 6.45) is 1.09. The summed E-state index contributed by atoms with van der Waals surface area (Å²) < 4.78 is 26.9. The molecular weight excluding hydrogens is 498 g/mol. The van der Waals surface area contributed by atoms with Gasteiger partial charge >= 0.3 is 0 Å². The molecule has 3 rings (SSSR count). The average molecular weight is 515 g/mol. The van der Waals surface area contributed by atoms with Crippen LogP contribution in [0.1, 0.15) is 11.1 Å². The van der Waals surface area contributed by atoms with E-state index in [1.54, 1.807) is 0 Å². The number of halogens is 2. The van der Waals surface area contributed by atoms with Gasteiger partial charge in [-0.1, -0.05) is 56.1 Å². The predicted molar refractivity (Wildman–Crippen MR) is 113 cm³/mol. The van der Waals surface area contributed by atoms with Crippen LogP contribution in [-0.4, -0.2) is 28.8 Å². The third-order valence-electron chi connectivity index (χ3n) is 3.62. The molecule has 142 valence electrons. The van der Waals surface area contributed by atoms with E-state index in [-0.39, 0.29) is 11.9 Å². The maximum Gasteiger partial charge on any atom is 0.254 e. The van der Waals surface area contributed by atoms with Gasteiger partial charge in [0.05, 0.1) is 6.26 Å². The molecule has 0 radical (unpaired) electrons. The average Bonchev–Trinajstić information content (AvgIpc) is 3.04. The highest BCUT2D eigenvalue weighted by Gasteiger charge is 2.17. The Morgan fingerprint density at radius 2 is 1.37 bits per heavy atom. The summed E-state index contributed by atoms with van der Waals surface area (Å²) in [7, 11) is -3.59. The van der Waals surface area contributed by atoms with E-state index in [2.05, 4.69) is 52.6 Å². The molecule has 0 aliphatic rings. The molecule has 7 nitrogen and oxygen atoms in total. The van der Waals surface area contributed by atoms with Crippen molar-refractivity contribution in [1.82, 2.24) is 14.2 Å². The second kappa shape index (κ2) is 8.41. The van der Waals surface area contributed by atoms with Crippen LogP contribution in [0, 0.1) is 0 Å². The summed E-state index contributed by atoms with van der Waals surface area (Å²) in [5, 5.41) is 10.1. The van der Waals surface area contributed by atoms with E-state index >= 15 is 0 Å². The Hall–Kier alpha value is -1.91. The summed E-state index contributed by atoms with van der Waals surface area (Å²) in [6.45, 7) is 0.904. The van der Waals surface area contributed by atoms with E-state index in [4.69, 9.17) is 0 Å².